The molecule has 0 bridgehead atoms. The third kappa shape index (κ3) is 9.09. The minimum absolute atomic E-state index is 0.0309. The van der Waals surface area contributed by atoms with Crippen LogP contribution in [0.2, 0.25) is 5.02 Å². The maximum atomic E-state index is 14.8. The molecular weight excluding hydrogens is 626 g/mol. The second-order valence-electron chi connectivity index (χ2n) is 10.3. The van der Waals surface area contributed by atoms with Crippen LogP contribution in [-0.2, 0) is 23.1 Å². The summed E-state index contributed by atoms with van der Waals surface area (Å²) in [5, 5.41) is 15.7. The van der Waals surface area contributed by atoms with Crippen molar-refractivity contribution < 1.29 is 37.8 Å². The van der Waals surface area contributed by atoms with Gasteiger partial charge in [0, 0.05) is 51.6 Å². The molecule has 4 rings (SSSR count). The van der Waals surface area contributed by atoms with Crippen LogP contribution in [0.25, 0.3) is 11.3 Å². The zero-order valence-electron chi connectivity index (χ0n) is 25.0. The Kier molecular flexibility index (Phi) is 13.2. The van der Waals surface area contributed by atoms with Crippen molar-refractivity contribution in [3.63, 3.8) is 0 Å². The van der Waals surface area contributed by atoms with Gasteiger partial charge >= 0.3 is 0 Å². The molecule has 1 aromatic heterocycles. The van der Waals surface area contributed by atoms with Crippen LogP contribution in [0.15, 0.2) is 36.5 Å². The Balaban J connectivity index is 0.00000185. The third-order valence-corrected chi connectivity index (χ3v) is 7.60. The van der Waals surface area contributed by atoms with E-state index in [1.165, 1.54) is 29.9 Å². The van der Waals surface area contributed by atoms with E-state index in [1.54, 1.807) is 29.2 Å². The van der Waals surface area contributed by atoms with Crippen LogP contribution in [0, 0.1) is 23.0 Å². The molecule has 2 heterocycles. The Morgan fingerprint density at radius 1 is 1.13 bits per heavy atom. The summed E-state index contributed by atoms with van der Waals surface area (Å²) in [6, 6.07) is 9.01. The number of imidazole rings is 1. The van der Waals surface area contributed by atoms with E-state index in [4.69, 9.17) is 37.2 Å². The van der Waals surface area contributed by atoms with E-state index in [-0.39, 0.29) is 52.6 Å². The molecule has 15 heteroatoms. The number of piperazine rings is 1. The van der Waals surface area contributed by atoms with Gasteiger partial charge in [-0.05, 0) is 49.2 Å². The first kappa shape index (κ1) is 35.6. The predicted octanol–water partition coefficient (Wildman–Crippen LogP) is 3.46. The van der Waals surface area contributed by atoms with Gasteiger partial charge in [-0.25, -0.2) is 9.37 Å². The van der Waals surface area contributed by atoms with Crippen LogP contribution < -0.4 is 10.5 Å². The van der Waals surface area contributed by atoms with E-state index >= 15 is 0 Å². The number of carboxylic acid groups (broad SMARTS) is 1. The maximum Gasteiger partial charge on any atom is 0.290 e. The average molecular weight is 659 g/mol. The molecule has 0 unspecified atom stereocenters. The number of nitrogens with two attached hydrogens (primary N) is 1. The van der Waals surface area contributed by atoms with E-state index < -0.39 is 24.0 Å². The van der Waals surface area contributed by atoms with Crippen LogP contribution >= 0.6 is 11.6 Å². The number of ketones is 1. The Morgan fingerprint density at radius 3 is 2.46 bits per heavy atom. The number of benzene rings is 2. The first-order valence-electron chi connectivity index (χ1n) is 14.2. The van der Waals surface area contributed by atoms with Gasteiger partial charge in [-0.3, -0.25) is 24.1 Å². The smallest absolute Gasteiger partial charge is 0.290 e. The van der Waals surface area contributed by atoms with E-state index in [1.807, 2.05) is 0 Å². The van der Waals surface area contributed by atoms with Crippen LogP contribution in [0.1, 0.15) is 45.8 Å². The molecule has 2 amide bonds. The van der Waals surface area contributed by atoms with Crippen molar-refractivity contribution in [1.82, 2.24) is 19.4 Å². The lowest BCUT2D eigenvalue weighted by Crippen LogP contribution is -2.48. The number of aromatic nitrogens is 2. The highest BCUT2D eigenvalue weighted by Gasteiger charge is 2.25. The average Bonchev–Trinajstić information content (AvgIpc) is 3.41. The van der Waals surface area contributed by atoms with Crippen LogP contribution in [0.4, 0.5) is 8.78 Å². The predicted molar refractivity (Wildman–Crippen MR) is 163 cm³/mol. The number of primary amides is 1. The van der Waals surface area contributed by atoms with Gasteiger partial charge in [0.25, 0.3) is 12.4 Å². The number of ether oxygens (including phenoxy) is 1. The summed E-state index contributed by atoms with van der Waals surface area (Å²) in [4.78, 5) is 53.6. The minimum Gasteiger partial charge on any atom is -0.483 e. The summed E-state index contributed by atoms with van der Waals surface area (Å²) >= 11 is 6.47. The minimum atomic E-state index is -1.25. The number of hydrogen-bond acceptors (Lipinski definition) is 8. The molecule has 0 aliphatic carbocycles. The summed E-state index contributed by atoms with van der Waals surface area (Å²) in [7, 11) is 1.52. The molecule has 2 aromatic carbocycles. The third-order valence-electron chi connectivity index (χ3n) is 7.29. The summed E-state index contributed by atoms with van der Waals surface area (Å²) in [5.74, 6) is -3.67. The monoisotopic (exact) mass is 658 g/mol. The van der Waals surface area contributed by atoms with Crippen molar-refractivity contribution in [3.05, 3.63) is 70.1 Å². The number of amides is 2. The van der Waals surface area contributed by atoms with Crippen LogP contribution in [0.5, 0.6) is 5.75 Å². The lowest BCUT2D eigenvalue weighted by Gasteiger charge is -2.35. The van der Waals surface area contributed by atoms with Gasteiger partial charge in [-0.15, -0.1) is 0 Å². The number of halogens is 3. The zero-order valence-corrected chi connectivity index (χ0v) is 25.8. The summed E-state index contributed by atoms with van der Waals surface area (Å²) < 4.78 is 35.5. The quantitative estimate of drug-likeness (QED) is 0.168. The normalized spacial score (nSPS) is 12.9. The largest absolute Gasteiger partial charge is 0.483 e. The Labute approximate surface area is 268 Å². The number of carbonyl (C=O) groups excluding carboxylic acids is 3. The molecule has 244 valence electrons. The SMILES string of the molecule is Cn1c(-c2ccc(OCC#N)c(F)c2F)cnc1C(=O)Cc1ccc(C(=O)N2CCN(CCCCC(N)=O)CC2)c(Cl)c1.O=CO. The fourth-order valence-electron chi connectivity index (χ4n) is 4.96. The topological polar surface area (TPSA) is 172 Å². The summed E-state index contributed by atoms with van der Waals surface area (Å²) in [6.45, 7) is 2.69. The van der Waals surface area contributed by atoms with Crippen molar-refractivity contribution >= 4 is 35.7 Å². The van der Waals surface area contributed by atoms with Crippen LogP contribution in [0.3, 0.4) is 0 Å². The molecule has 0 atom stereocenters. The second kappa shape index (κ2) is 17.0. The zero-order chi connectivity index (χ0) is 33.8. The molecule has 3 N–H and O–H groups in total. The van der Waals surface area contributed by atoms with Crippen molar-refractivity contribution in [2.45, 2.75) is 25.7 Å². The number of Topliss-reactive ketones (excluding diaryl/α,β-unsaturated/α-hetero) is 1. The van der Waals surface area contributed by atoms with Crippen molar-refractivity contribution in [3.8, 4) is 23.1 Å². The van der Waals surface area contributed by atoms with Gasteiger partial charge in [-0.1, -0.05) is 17.7 Å². The molecule has 0 spiro atoms. The molecule has 46 heavy (non-hydrogen) atoms. The Bertz CT molecular complexity index is 1620. The van der Waals surface area contributed by atoms with Crippen molar-refractivity contribution in [1.29, 1.82) is 5.26 Å². The second-order valence-corrected chi connectivity index (χ2v) is 10.7. The lowest BCUT2D eigenvalue weighted by atomic mass is 10.0. The molecular formula is C31H33ClF2N6O6. The molecule has 1 aliphatic rings. The van der Waals surface area contributed by atoms with Crippen LogP contribution in [-0.4, -0.2) is 87.9 Å². The maximum absolute atomic E-state index is 14.8. The highest BCUT2D eigenvalue weighted by atomic mass is 35.5. The number of carbonyl (C=O) groups is 4. The first-order valence-corrected chi connectivity index (χ1v) is 14.6. The van der Waals surface area contributed by atoms with Gasteiger partial charge in [-0.2, -0.15) is 9.65 Å². The van der Waals surface area contributed by atoms with Gasteiger partial charge < -0.3 is 25.0 Å². The fourth-order valence-corrected chi connectivity index (χ4v) is 5.24. The fraction of sp³-hybridized carbons (Fsp3) is 0.355. The molecule has 3 aromatic rings. The van der Waals surface area contributed by atoms with Gasteiger partial charge in [0.15, 0.2) is 24.0 Å². The standard InChI is InChI=1S/C30H31ClF2N6O4.CH2O2/c1-37-23(21-7-8-25(43-15-9-34)28(33)27(21)32)18-36-29(37)24(40)17-19-5-6-20(22(31)16-19)30(42)39-13-11-38(12-14-39)10-3-2-4-26(35)41;2-1-3/h5-8,16,18H,2-4,10-15,17H2,1H3,(H2,35,41);1H,(H,2,3). The van der Waals surface area contributed by atoms with Crippen molar-refractivity contribution in [2.24, 2.45) is 12.8 Å². The first-order chi connectivity index (χ1) is 22.0. The highest BCUT2D eigenvalue weighted by molar-refractivity contribution is 6.34. The summed E-state index contributed by atoms with van der Waals surface area (Å²) in [5.41, 5.74) is 6.14. The van der Waals surface area contributed by atoms with E-state index in [0.717, 1.165) is 19.4 Å². The Hall–Kier alpha value is -4.87. The number of rotatable bonds is 12. The number of nitriles is 1. The number of nitrogens with zero attached hydrogens (tertiary/aromatic N) is 5. The molecule has 1 aliphatic heterocycles. The van der Waals surface area contributed by atoms with Gasteiger partial charge in [0.1, 0.15) is 6.07 Å². The number of unbranched alkanes of at least 4 members (excludes halogenated alkanes) is 1. The Morgan fingerprint density at radius 2 is 1.83 bits per heavy atom. The number of hydrogen-bond donors (Lipinski definition) is 2. The summed E-state index contributed by atoms with van der Waals surface area (Å²) in [6.07, 6.45) is 3.18. The van der Waals surface area contributed by atoms with E-state index in [2.05, 4.69) is 9.88 Å². The molecule has 0 radical (unpaired) electrons. The highest BCUT2D eigenvalue weighted by Crippen LogP contribution is 2.30. The molecule has 12 nitrogen and oxygen atoms in total. The van der Waals surface area contributed by atoms with Crippen molar-refractivity contribution in [2.75, 3.05) is 39.3 Å². The van der Waals surface area contributed by atoms with E-state index in [0.29, 0.717) is 43.7 Å². The lowest BCUT2D eigenvalue weighted by molar-refractivity contribution is -0.123. The molecule has 1 saturated heterocycles. The van der Waals surface area contributed by atoms with Gasteiger partial charge in [0.2, 0.25) is 17.5 Å². The van der Waals surface area contributed by atoms with E-state index in [9.17, 15) is 23.2 Å². The molecule has 0 saturated carbocycles. The van der Waals surface area contributed by atoms with Gasteiger partial charge in [0.05, 0.1) is 22.5 Å². The molecule has 1 fully saturated rings.